The first kappa shape index (κ1) is 47.9. The molecule has 6 rings (SSSR count). The average molecular weight is 878 g/mol. The van der Waals surface area contributed by atoms with E-state index in [2.05, 4.69) is 158 Å². The van der Waals surface area contributed by atoms with Crippen LogP contribution in [0.15, 0.2) is 107 Å². The van der Waals surface area contributed by atoms with Crippen LogP contribution in [-0.2, 0) is 20.4 Å². The van der Waals surface area contributed by atoms with Crippen molar-refractivity contribution < 1.29 is 24.5 Å². The molecule has 0 radical (unpaired) electrons. The van der Waals surface area contributed by atoms with Crippen LogP contribution in [-0.4, -0.2) is 102 Å². The van der Waals surface area contributed by atoms with Crippen LogP contribution in [0, 0.1) is 6.92 Å². The molecule has 2 aromatic rings. The van der Waals surface area contributed by atoms with Gasteiger partial charge in [-0.1, -0.05) is 114 Å². The van der Waals surface area contributed by atoms with Gasteiger partial charge >= 0.3 is 6.09 Å². The number of rotatable bonds is 20. The van der Waals surface area contributed by atoms with Gasteiger partial charge in [-0.05, 0) is 67.5 Å². The normalized spacial score (nSPS) is 22.9. The molecule has 2 aromatic carbocycles. The number of aliphatic imine (C=N–C) groups is 2. The zero-order chi connectivity index (χ0) is 46.1. The lowest BCUT2D eigenvalue weighted by Crippen LogP contribution is -2.76. The predicted octanol–water partition coefficient (Wildman–Crippen LogP) is 5.91. The number of aryl methyl sites for hydroxylation is 1. The second-order valence-corrected chi connectivity index (χ2v) is 18.6. The number of amides is 2. The fraction of sp³-hybridized carbons (Fsp3) is 0.520. The van der Waals surface area contributed by atoms with Gasteiger partial charge in [0.05, 0.1) is 5.82 Å². The van der Waals surface area contributed by atoms with Gasteiger partial charge in [-0.15, -0.1) is 0 Å². The highest BCUT2D eigenvalue weighted by Crippen LogP contribution is 2.47. The van der Waals surface area contributed by atoms with Crippen LogP contribution in [0.1, 0.15) is 102 Å². The second-order valence-electron chi connectivity index (χ2n) is 18.6. The highest BCUT2D eigenvalue weighted by Gasteiger charge is 2.69. The maximum atomic E-state index is 12.6. The van der Waals surface area contributed by atoms with E-state index in [4.69, 9.17) is 15.5 Å². The summed E-state index contributed by atoms with van der Waals surface area (Å²) in [6.07, 6.45) is 16.7. The molecule has 0 aromatic heterocycles. The summed E-state index contributed by atoms with van der Waals surface area (Å²) in [5, 5.41) is 33.7. The minimum absolute atomic E-state index is 0.0701. The van der Waals surface area contributed by atoms with Gasteiger partial charge in [-0.25, -0.2) is 9.79 Å². The first-order valence-corrected chi connectivity index (χ1v) is 23.0. The molecule has 0 bridgehead atoms. The summed E-state index contributed by atoms with van der Waals surface area (Å²) in [5.74, 6) is -1.46. The number of carbonyl (C=O) groups is 2. The van der Waals surface area contributed by atoms with Gasteiger partial charge in [0.15, 0.2) is 11.6 Å². The fourth-order valence-electron chi connectivity index (χ4n) is 9.81. The number of carbonyl (C=O) groups excluding carboxylic acids is 2. The van der Waals surface area contributed by atoms with E-state index >= 15 is 0 Å². The van der Waals surface area contributed by atoms with E-state index in [0.29, 0.717) is 38.4 Å². The summed E-state index contributed by atoms with van der Waals surface area (Å²) in [6.45, 7) is 17.0. The van der Waals surface area contributed by atoms with Crippen molar-refractivity contribution in [1.82, 2.24) is 26.2 Å². The Morgan fingerprint density at radius 2 is 1.70 bits per heavy atom. The molecular formula is C50H71N9O5. The summed E-state index contributed by atoms with van der Waals surface area (Å²) in [7, 11) is 2.14. The average Bonchev–Trinajstić information content (AvgIpc) is 3.82. The number of anilines is 1. The maximum absolute atomic E-state index is 12.6. The Hall–Kier alpha value is -5.60. The molecular weight excluding hydrogens is 807 g/mol. The topological polar surface area (TPSA) is 189 Å². The molecule has 0 aliphatic carbocycles. The number of nitrogens with zero attached hydrogens (tertiary/aromatic N) is 4. The Labute approximate surface area is 379 Å². The quantitative estimate of drug-likeness (QED) is 0.0365. The molecule has 8 N–H and O–H groups in total. The molecule has 3 atom stereocenters. The fourth-order valence-corrected chi connectivity index (χ4v) is 9.81. The van der Waals surface area contributed by atoms with Crippen molar-refractivity contribution in [2.45, 2.75) is 127 Å². The first-order chi connectivity index (χ1) is 30.5. The van der Waals surface area contributed by atoms with Crippen LogP contribution < -0.4 is 31.9 Å². The molecule has 2 saturated heterocycles. The highest BCUT2D eigenvalue weighted by molar-refractivity contribution is 6.03. The Kier molecular flexibility index (Phi) is 15.3. The monoisotopic (exact) mass is 878 g/mol. The SMILES string of the molecule is C=C1N[C@H]2[C@H](COC(=O)NCCCCCCNC(=O)CCCCCN=C(/C=C/C=C/C=C3\N(C)c4ccccc4C3(C)C)C(C)(C)c3ccccc3C)N=C(N)N3CCC(O)(O)[C@]23N1. The van der Waals surface area contributed by atoms with Crippen molar-refractivity contribution in [2.24, 2.45) is 15.7 Å². The number of hydrogen-bond acceptors (Lipinski definition) is 12. The third-order valence-electron chi connectivity index (χ3n) is 13.4. The summed E-state index contributed by atoms with van der Waals surface area (Å²) >= 11 is 0. The molecule has 4 heterocycles. The second kappa shape index (κ2) is 20.5. The minimum Gasteiger partial charge on any atom is -0.447 e. The van der Waals surface area contributed by atoms with Crippen molar-refractivity contribution in [3.05, 3.63) is 114 Å². The smallest absolute Gasteiger partial charge is 0.407 e. The van der Waals surface area contributed by atoms with E-state index in [9.17, 15) is 19.8 Å². The van der Waals surface area contributed by atoms with E-state index in [1.807, 2.05) is 0 Å². The molecule has 0 unspecified atom stereocenters. The lowest BCUT2D eigenvalue weighted by Gasteiger charge is -2.48. The van der Waals surface area contributed by atoms with Crippen molar-refractivity contribution in [2.75, 3.05) is 44.7 Å². The molecule has 346 valence electrons. The molecule has 14 nitrogen and oxygen atoms in total. The number of fused-ring (bicyclic) bond motifs is 1. The van der Waals surface area contributed by atoms with Crippen LogP contribution in [0.2, 0.25) is 0 Å². The maximum Gasteiger partial charge on any atom is 0.407 e. The zero-order valence-electron chi connectivity index (χ0n) is 38.8. The number of nitrogens with two attached hydrogens (primary N) is 1. The van der Waals surface area contributed by atoms with E-state index in [-0.39, 0.29) is 35.7 Å². The number of aliphatic hydroxyl groups is 2. The van der Waals surface area contributed by atoms with E-state index in [1.165, 1.54) is 28.1 Å². The molecule has 14 heteroatoms. The Balaban J connectivity index is 0.858. The largest absolute Gasteiger partial charge is 0.447 e. The molecule has 64 heavy (non-hydrogen) atoms. The molecule has 2 amide bonds. The lowest BCUT2D eigenvalue weighted by molar-refractivity contribution is -0.222. The standard InChI is InChI=1S/C50H71N9O5/c1-35-22-15-16-23-37(35)47(3,4)41(26-12-10-13-27-42-48(5,6)38-24-17-18-25-40(38)58(42)7)52-30-21-11-14-28-43(60)53-31-19-8-9-20-32-54-46(61)64-34-39-44-50(57-36(2)55-44)49(62,63)29-33-59(50)45(51)56-39/h10,12-13,15-18,22-27,39,44,55,57,62-63H,2,8-9,11,14,19-21,28-34H2,1,3-7H3,(H2,51,56)(H,53,60)(H,54,61)/b13-10+,26-12+,42-27-,52-41?/t39-,44-,50-/m0/s1. The number of allylic oxidation sites excluding steroid dienone is 6. The number of hydrogen-bond donors (Lipinski definition) is 7. The number of guanidine groups is 1. The summed E-state index contributed by atoms with van der Waals surface area (Å²) in [5.41, 5.74) is 11.9. The van der Waals surface area contributed by atoms with Crippen molar-refractivity contribution >= 4 is 29.4 Å². The Morgan fingerprint density at radius 1 is 1.00 bits per heavy atom. The molecule has 4 aliphatic rings. The highest BCUT2D eigenvalue weighted by atomic mass is 16.5. The number of para-hydroxylation sites is 1. The van der Waals surface area contributed by atoms with Gasteiger partial charge in [0, 0.05) is 74.0 Å². The number of unbranched alkanes of at least 4 members (excludes halogenated alkanes) is 5. The number of alkyl carbamates (subject to hydrolysis) is 1. The Morgan fingerprint density at radius 3 is 2.45 bits per heavy atom. The van der Waals surface area contributed by atoms with Gasteiger partial charge in [-0.3, -0.25) is 9.79 Å². The molecule has 4 aliphatic heterocycles. The summed E-state index contributed by atoms with van der Waals surface area (Å²) < 4.78 is 5.45. The third kappa shape index (κ3) is 10.3. The van der Waals surface area contributed by atoms with Crippen molar-refractivity contribution in [1.29, 1.82) is 0 Å². The van der Waals surface area contributed by atoms with E-state index in [1.54, 1.807) is 4.90 Å². The van der Waals surface area contributed by atoms with Crippen LogP contribution in [0.3, 0.4) is 0 Å². The number of ether oxygens (including phenoxy) is 1. The van der Waals surface area contributed by atoms with Gasteiger partial charge in [0.25, 0.3) is 0 Å². The van der Waals surface area contributed by atoms with E-state index in [0.717, 1.165) is 50.7 Å². The van der Waals surface area contributed by atoms with Gasteiger partial charge in [0.1, 0.15) is 18.7 Å². The molecule has 1 spiro atoms. The zero-order valence-corrected chi connectivity index (χ0v) is 38.8. The first-order valence-electron chi connectivity index (χ1n) is 23.0. The van der Waals surface area contributed by atoms with Crippen molar-refractivity contribution in [3.63, 3.8) is 0 Å². The number of likely N-dealkylation sites (N-methyl/N-ethyl adjacent to an activating group) is 1. The van der Waals surface area contributed by atoms with Crippen molar-refractivity contribution in [3.8, 4) is 0 Å². The Bertz CT molecular complexity index is 2160. The minimum atomic E-state index is -2.09. The summed E-state index contributed by atoms with van der Waals surface area (Å²) in [4.78, 5) is 38.6. The number of nitrogens with one attached hydrogen (secondary N) is 4. The molecule has 0 saturated carbocycles. The van der Waals surface area contributed by atoms with Gasteiger partial charge < -0.3 is 51.8 Å². The van der Waals surface area contributed by atoms with Crippen LogP contribution >= 0.6 is 0 Å². The third-order valence-corrected chi connectivity index (χ3v) is 13.4. The van der Waals surface area contributed by atoms with Crippen LogP contribution in [0.4, 0.5) is 10.5 Å². The van der Waals surface area contributed by atoms with Gasteiger partial charge in [-0.2, -0.15) is 0 Å². The number of benzene rings is 2. The molecule has 2 fully saturated rings. The van der Waals surface area contributed by atoms with E-state index < -0.39 is 29.6 Å². The summed E-state index contributed by atoms with van der Waals surface area (Å²) in [6, 6.07) is 15.8. The lowest BCUT2D eigenvalue weighted by atomic mass is 9.77. The van der Waals surface area contributed by atoms with Gasteiger partial charge in [0.2, 0.25) is 11.7 Å². The van der Waals surface area contributed by atoms with Crippen LogP contribution in [0.5, 0.6) is 0 Å². The predicted molar refractivity (Wildman–Crippen MR) is 256 cm³/mol. The van der Waals surface area contributed by atoms with Crippen LogP contribution in [0.25, 0.3) is 0 Å².